The number of nitrogen functional groups attached to an aromatic ring is 1. The number of imidazole rings is 1. The molecule has 1 saturated carbocycles. The quantitative estimate of drug-likeness (QED) is 0.876. The lowest BCUT2D eigenvalue weighted by atomic mass is 10.1. The molecule has 1 aromatic carbocycles. The average Bonchev–Trinajstić information content (AvgIpc) is 3.18. The van der Waals surface area contributed by atoms with Crippen LogP contribution < -0.4 is 5.73 Å². The molecule has 2 N–H and O–H groups in total. The second kappa shape index (κ2) is 5.44. The molecule has 0 bridgehead atoms. The van der Waals surface area contributed by atoms with Crippen molar-refractivity contribution in [2.24, 2.45) is 5.92 Å². The van der Waals surface area contributed by atoms with Gasteiger partial charge in [-0.3, -0.25) is 0 Å². The number of hydrogen-bond donors (Lipinski definition) is 1. The van der Waals surface area contributed by atoms with Crippen molar-refractivity contribution in [2.75, 3.05) is 5.73 Å². The molecule has 3 rings (SSSR count). The number of benzene rings is 1. The molecule has 0 unspecified atom stereocenters. The van der Waals surface area contributed by atoms with Gasteiger partial charge in [0.15, 0.2) is 0 Å². The minimum absolute atomic E-state index is 0.299. The van der Waals surface area contributed by atoms with Crippen molar-refractivity contribution in [2.45, 2.75) is 39.2 Å². The van der Waals surface area contributed by atoms with Gasteiger partial charge in [0.1, 0.15) is 23.2 Å². The highest BCUT2D eigenvalue weighted by atomic mass is 79.9. The second-order valence-corrected chi connectivity index (χ2v) is 7.02. The van der Waals surface area contributed by atoms with E-state index in [-0.39, 0.29) is 5.82 Å². The number of hydrogen-bond acceptors (Lipinski definition) is 2. The summed E-state index contributed by atoms with van der Waals surface area (Å²) in [4.78, 5) is 4.67. The third-order valence-electron chi connectivity index (χ3n) is 3.71. The molecule has 0 saturated heterocycles. The Morgan fingerprint density at radius 2 is 2.14 bits per heavy atom. The Morgan fingerprint density at radius 3 is 2.71 bits per heavy atom. The summed E-state index contributed by atoms with van der Waals surface area (Å²) < 4.78 is 17.0. The third-order valence-corrected chi connectivity index (χ3v) is 4.21. The number of aromatic nitrogens is 2. The van der Waals surface area contributed by atoms with Crippen LogP contribution in [0, 0.1) is 11.7 Å². The minimum atomic E-state index is -0.299. The van der Waals surface area contributed by atoms with E-state index >= 15 is 0 Å². The van der Waals surface area contributed by atoms with Crippen molar-refractivity contribution in [1.82, 2.24) is 9.55 Å². The van der Waals surface area contributed by atoms with Crippen LogP contribution in [0.1, 0.15) is 38.4 Å². The molecule has 1 fully saturated rings. The first kappa shape index (κ1) is 14.6. The fraction of sp³-hybridized carbons (Fsp3) is 0.438. The van der Waals surface area contributed by atoms with Gasteiger partial charge in [0.25, 0.3) is 0 Å². The van der Waals surface area contributed by atoms with Crippen LogP contribution in [0.2, 0.25) is 0 Å². The van der Waals surface area contributed by atoms with Crippen LogP contribution in [0.15, 0.2) is 22.7 Å². The number of nitrogens with two attached hydrogens (primary N) is 1. The average molecular weight is 352 g/mol. The van der Waals surface area contributed by atoms with Crippen LogP contribution in [0.3, 0.4) is 0 Å². The largest absolute Gasteiger partial charge is 0.383 e. The van der Waals surface area contributed by atoms with Crippen molar-refractivity contribution in [1.29, 1.82) is 0 Å². The topological polar surface area (TPSA) is 43.8 Å². The number of anilines is 1. The Bertz CT molecular complexity index is 674. The Kier molecular flexibility index (Phi) is 3.78. The molecular weight excluding hydrogens is 333 g/mol. The fourth-order valence-electron chi connectivity index (χ4n) is 2.57. The zero-order chi connectivity index (χ0) is 15.1. The molecule has 2 aromatic rings. The predicted molar refractivity (Wildman–Crippen MR) is 86.5 cm³/mol. The van der Waals surface area contributed by atoms with E-state index in [2.05, 4.69) is 39.3 Å². The van der Waals surface area contributed by atoms with Crippen molar-refractivity contribution >= 4 is 21.7 Å². The second-order valence-electron chi connectivity index (χ2n) is 6.11. The molecule has 0 spiro atoms. The predicted octanol–water partition coefficient (Wildman–Crippen LogP) is 4.57. The SMILES string of the molecule is CC(C)Cn1c(C2CC2)nc(-c2ccc(Br)cc2F)c1N. The van der Waals surface area contributed by atoms with Crippen LogP contribution in [-0.4, -0.2) is 9.55 Å². The molecule has 112 valence electrons. The van der Waals surface area contributed by atoms with E-state index in [9.17, 15) is 4.39 Å². The van der Waals surface area contributed by atoms with Crippen LogP contribution in [0.5, 0.6) is 0 Å². The summed E-state index contributed by atoms with van der Waals surface area (Å²) in [6.07, 6.45) is 2.30. The Hall–Kier alpha value is -1.36. The van der Waals surface area contributed by atoms with Gasteiger partial charge >= 0.3 is 0 Å². The van der Waals surface area contributed by atoms with Gasteiger partial charge in [-0.15, -0.1) is 0 Å². The minimum Gasteiger partial charge on any atom is -0.383 e. The summed E-state index contributed by atoms with van der Waals surface area (Å²) in [5.74, 6) is 2.25. The Morgan fingerprint density at radius 1 is 1.43 bits per heavy atom. The highest BCUT2D eigenvalue weighted by Gasteiger charge is 2.31. The molecule has 1 heterocycles. The lowest BCUT2D eigenvalue weighted by Gasteiger charge is -2.12. The standard InChI is InChI=1S/C16H19BrFN3/c1-9(2)8-21-15(19)14(20-16(21)10-3-4-10)12-6-5-11(17)7-13(12)18/h5-7,9-10H,3-4,8,19H2,1-2H3. The molecule has 1 aliphatic carbocycles. The van der Waals surface area contributed by atoms with E-state index in [1.807, 2.05) is 6.07 Å². The molecule has 0 radical (unpaired) electrons. The van der Waals surface area contributed by atoms with Crippen molar-refractivity contribution < 1.29 is 4.39 Å². The molecule has 5 heteroatoms. The molecule has 0 atom stereocenters. The zero-order valence-electron chi connectivity index (χ0n) is 12.2. The first-order valence-corrected chi connectivity index (χ1v) is 8.08. The van der Waals surface area contributed by atoms with Crippen LogP contribution in [0.4, 0.5) is 10.2 Å². The van der Waals surface area contributed by atoms with Crippen molar-refractivity contribution in [3.05, 3.63) is 34.3 Å². The summed E-state index contributed by atoms with van der Waals surface area (Å²) in [6, 6.07) is 5.00. The maximum Gasteiger partial charge on any atom is 0.133 e. The van der Waals surface area contributed by atoms with E-state index in [4.69, 9.17) is 5.73 Å². The van der Waals surface area contributed by atoms with Gasteiger partial charge in [0.2, 0.25) is 0 Å². The smallest absolute Gasteiger partial charge is 0.133 e. The van der Waals surface area contributed by atoms with Gasteiger partial charge in [-0.2, -0.15) is 0 Å². The summed E-state index contributed by atoms with van der Waals surface area (Å²) in [7, 11) is 0. The van der Waals surface area contributed by atoms with Gasteiger partial charge in [-0.25, -0.2) is 9.37 Å². The highest BCUT2D eigenvalue weighted by Crippen LogP contribution is 2.42. The number of rotatable bonds is 4. The van der Waals surface area contributed by atoms with Gasteiger partial charge in [0, 0.05) is 22.5 Å². The highest BCUT2D eigenvalue weighted by molar-refractivity contribution is 9.10. The molecular formula is C16H19BrFN3. The van der Waals surface area contributed by atoms with E-state index in [0.717, 1.165) is 25.2 Å². The normalized spacial score (nSPS) is 14.9. The maximum absolute atomic E-state index is 14.2. The summed E-state index contributed by atoms with van der Waals surface area (Å²) >= 11 is 3.28. The van der Waals surface area contributed by atoms with E-state index in [1.165, 1.54) is 6.07 Å². The number of halogens is 2. The third kappa shape index (κ3) is 2.84. The van der Waals surface area contributed by atoms with Crippen LogP contribution >= 0.6 is 15.9 Å². The summed E-state index contributed by atoms with van der Waals surface area (Å²) in [5.41, 5.74) is 7.32. The lowest BCUT2D eigenvalue weighted by molar-refractivity contribution is 0.512. The van der Waals surface area contributed by atoms with E-state index in [1.54, 1.807) is 6.07 Å². The monoisotopic (exact) mass is 351 g/mol. The molecule has 1 aliphatic rings. The molecule has 1 aromatic heterocycles. The van der Waals surface area contributed by atoms with E-state index in [0.29, 0.717) is 33.4 Å². The maximum atomic E-state index is 14.2. The molecule has 21 heavy (non-hydrogen) atoms. The van der Waals surface area contributed by atoms with Crippen molar-refractivity contribution in [3.8, 4) is 11.3 Å². The Labute approximate surface area is 132 Å². The van der Waals surface area contributed by atoms with Crippen LogP contribution in [0.25, 0.3) is 11.3 Å². The summed E-state index contributed by atoms with van der Waals surface area (Å²) in [5, 5.41) is 0. The molecule has 3 nitrogen and oxygen atoms in total. The van der Waals surface area contributed by atoms with Gasteiger partial charge in [-0.1, -0.05) is 29.8 Å². The van der Waals surface area contributed by atoms with E-state index < -0.39 is 0 Å². The van der Waals surface area contributed by atoms with Gasteiger partial charge < -0.3 is 10.3 Å². The van der Waals surface area contributed by atoms with Crippen LogP contribution in [-0.2, 0) is 6.54 Å². The first-order chi connectivity index (χ1) is 9.97. The summed E-state index contributed by atoms with van der Waals surface area (Å²) in [6.45, 7) is 5.12. The van der Waals surface area contributed by atoms with Gasteiger partial charge in [-0.05, 0) is 37.0 Å². The van der Waals surface area contributed by atoms with Gasteiger partial charge in [0.05, 0.1) is 0 Å². The Balaban J connectivity index is 2.10. The zero-order valence-corrected chi connectivity index (χ0v) is 13.8. The number of nitrogens with zero attached hydrogens (tertiary/aromatic N) is 2. The molecule has 0 amide bonds. The lowest BCUT2D eigenvalue weighted by Crippen LogP contribution is -2.11. The molecule has 0 aliphatic heterocycles. The van der Waals surface area contributed by atoms with Crippen molar-refractivity contribution in [3.63, 3.8) is 0 Å². The fourth-order valence-corrected chi connectivity index (χ4v) is 2.91. The first-order valence-electron chi connectivity index (χ1n) is 7.28.